The Morgan fingerprint density at radius 3 is 2.76 bits per heavy atom. The molecule has 2 heterocycles. The number of hydrogen-bond acceptors (Lipinski definition) is 6. The molecule has 8 nitrogen and oxygen atoms in total. The number of carbonyl (C=O) groups is 2. The van der Waals surface area contributed by atoms with Crippen molar-refractivity contribution < 1.29 is 22.7 Å². The number of para-hydroxylation sites is 1. The molecule has 1 aliphatic rings. The number of hydrogen-bond donors (Lipinski definition) is 0. The summed E-state index contributed by atoms with van der Waals surface area (Å²) in [6, 6.07) is 13.1. The summed E-state index contributed by atoms with van der Waals surface area (Å²) in [6.07, 6.45) is 0.681. The van der Waals surface area contributed by atoms with Gasteiger partial charge in [0.05, 0.1) is 16.8 Å². The minimum absolute atomic E-state index is 0.396. The fourth-order valence-corrected chi connectivity index (χ4v) is 6.59. The maximum absolute atomic E-state index is 12.7. The lowest BCUT2D eigenvalue weighted by atomic mass is 10.2. The minimum atomic E-state index is -3.98. The van der Waals surface area contributed by atoms with Crippen LogP contribution in [0.25, 0.3) is 10.2 Å². The number of fused-ring (bicyclic) bond motifs is 2. The molecule has 1 aliphatic heterocycles. The average molecular weight is 566 g/mol. The van der Waals surface area contributed by atoms with Crippen LogP contribution < -0.4 is 9.70 Å². The molecule has 0 aliphatic carbocycles. The second-order valence-corrected chi connectivity index (χ2v) is 11.8. The third-order valence-electron chi connectivity index (χ3n) is 5.40. The monoisotopic (exact) mass is 565 g/mol. The Hall–Kier alpha value is -2.34. The van der Waals surface area contributed by atoms with Gasteiger partial charge in [-0.05, 0) is 43.2 Å². The van der Waals surface area contributed by atoms with Crippen molar-refractivity contribution >= 4 is 64.8 Å². The summed E-state index contributed by atoms with van der Waals surface area (Å²) in [4.78, 5) is 31.3. The molecular formula is C23H24BrN3O5S2. The Kier molecular flexibility index (Phi) is 7.66. The van der Waals surface area contributed by atoms with E-state index < -0.39 is 33.2 Å². The normalized spacial score (nSPS) is 14.1. The average Bonchev–Trinajstić information content (AvgIpc) is 3.34. The van der Waals surface area contributed by atoms with Crippen LogP contribution in [0, 0.1) is 0 Å². The lowest BCUT2D eigenvalue weighted by molar-refractivity contribution is -0.116. The molecule has 3 aromatic rings. The first-order chi connectivity index (χ1) is 16.3. The van der Waals surface area contributed by atoms with Gasteiger partial charge in [-0.3, -0.25) is 9.59 Å². The molecule has 0 atom stereocenters. The van der Waals surface area contributed by atoms with Crippen LogP contribution in [0.4, 0.5) is 5.69 Å². The predicted molar refractivity (Wildman–Crippen MR) is 136 cm³/mol. The van der Waals surface area contributed by atoms with Crippen LogP contribution in [-0.4, -0.2) is 56.1 Å². The summed E-state index contributed by atoms with van der Waals surface area (Å²) in [5, 5.41) is 0. The maximum Gasteiger partial charge on any atom is 0.263 e. The molecule has 4 rings (SSSR count). The summed E-state index contributed by atoms with van der Waals surface area (Å²) >= 11 is 4.74. The summed E-state index contributed by atoms with van der Waals surface area (Å²) in [6.45, 7) is 3.80. The van der Waals surface area contributed by atoms with Crippen LogP contribution >= 0.6 is 27.3 Å². The molecule has 2 aromatic carbocycles. The number of thiazole rings is 1. The lowest BCUT2D eigenvalue weighted by Crippen LogP contribution is -2.36. The van der Waals surface area contributed by atoms with E-state index in [0.29, 0.717) is 37.5 Å². The number of amides is 2. The molecule has 0 fully saturated rings. The third-order valence-corrected chi connectivity index (χ3v) is 8.31. The van der Waals surface area contributed by atoms with Crippen molar-refractivity contribution in [1.82, 2.24) is 4.57 Å². The van der Waals surface area contributed by atoms with Gasteiger partial charge in [-0.15, -0.1) is 0 Å². The van der Waals surface area contributed by atoms with E-state index in [2.05, 4.69) is 20.9 Å². The third kappa shape index (κ3) is 5.65. The van der Waals surface area contributed by atoms with Crippen molar-refractivity contribution in [1.29, 1.82) is 0 Å². The largest absolute Gasteiger partial charge is 0.380 e. The quantitative estimate of drug-likeness (QED) is 0.391. The molecule has 34 heavy (non-hydrogen) atoms. The molecule has 180 valence electrons. The van der Waals surface area contributed by atoms with Gasteiger partial charge in [-0.25, -0.2) is 8.42 Å². The van der Waals surface area contributed by atoms with Gasteiger partial charge in [0.25, 0.3) is 5.91 Å². The van der Waals surface area contributed by atoms with Crippen LogP contribution in [0.1, 0.15) is 12.5 Å². The van der Waals surface area contributed by atoms with Gasteiger partial charge >= 0.3 is 0 Å². The van der Waals surface area contributed by atoms with Crippen molar-refractivity contribution in [2.24, 2.45) is 4.99 Å². The van der Waals surface area contributed by atoms with Gasteiger partial charge < -0.3 is 14.2 Å². The Morgan fingerprint density at radius 2 is 1.97 bits per heavy atom. The molecule has 0 radical (unpaired) electrons. The molecule has 1 aromatic heterocycles. The molecule has 0 spiro atoms. The van der Waals surface area contributed by atoms with Gasteiger partial charge in [0.15, 0.2) is 14.6 Å². The van der Waals surface area contributed by atoms with Crippen molar-refractivity contribution in [3.05, 3.63) is 57.3 Å². The van der Waals surface area contributed by atoms with Gasteiger partial charge in [-0.1, -0.05) is 45.5 Å². The number of anilines is 1. The van der Waals surface area contributed by atoms with E-state index >= 15 is 0 Å². The number of sulfone groups is 1. The zero-order chi connectivity index (χ0) is 24.3. The first-order valence-electron chi connectivity index (χ1n) is 10.8. The fourth-order valence-electron chi connectivity index (χ4n) is 3.89. The number of rotatable bonds is 8. The maximum atomic E-state index is 12.7. The number of nitrogens with zero attached hydrogens (tertiary/aromatic N) is 3. The summed E-state index contributed by atoms with van der Waals surface area (Å²) < 4.78 is 34.4. The Balaban J connectivity index is 1.52. The molecule has 0 bridgehead atoms. The highest BCUT2D eigenvalue weighted by molar-refractivity contribution is 9.10. The summed E-state index contributed by atoms with van der Waals surface area (Å²) in [5.74, 6) is -2.88. The fraction of sp³-hybridized carbons (Fsp3) is 0.348. The van der Waals surface area contributed by atoms with E-state index in [9.17, 15) is 18.0 Å². The minimum Gasteiger partial charge on any atom is -0.380 e. The molecule has 0 N–H and O–H groups in total. The van der Waals surface area contributed by atoms with E-state index in [4.69, 9.17) is 4.74 Å². The van der Waals surface area contributed by atoms with E-state index in [1.165, 1.54) is 16.2 Å². The Bertz CT molecular complexity index is 1410. The van der Waals surface area contributed by atoms with Crippen LogP contribution in [0.15, 0.2) is 51.9 Å². The van der Waals surface area contributed by atoms with E-state index in [0.717, 1.165) is 25.9 Å². The first-order valence-corrected chi connectivity index (χ1v) is 14.2. The van der Waals surface area contributed by atoms with Gasteiger partial charge in [-0.2, -0.15) is 4.99 Å². The Morgan fingerprint density at radius 1 is 1.18 bits per heavy atom. The Labute approximate surface area is 209 Å². The first kappa shape index (κ1) is 24.8. The highest BCUT2D eigenvalue weighted by Crippen LogP contribution is 2.27. The number of aromatic nitrogens is 1. The van der Waals surface area contributed by atoms with Crippen LogP contribution in [-0.2, 0) is 37.1 Å². The molecular weight excluding hydrogens is 542 g/mol. The summed E-state index contributed by atoms with van der Waals surface area (Å²) in [5.41, 5.74) is 2.61. The van der Waals surface area contributed by atoms with E-state index in [1.807, 2.05) is 47.9 Å². The number of benzene rings is 2. The summed E-state index contributed by atoms with van der Waals surface area (Å²) in [7, 11) is -3.98. The predicted octanol–water partition coefficient (Wildman–Crippen LogP) is 2.93. The zero-order valence-corrected chi connectivity index (χ0v) is 21.8. The standard InChI is InChI=1S/C23H24BrN3O5S2/c1-2-32-12-11-27-19-8-7-17(24)13-20(19)33-23(27)25-21(28)14-34(30,31)15-22(29)26-10-9-16-5-3-4-6-18(16)26/h3-8,13H,2,9-12,14-15H2,1H3. The van der Waals surface area contributed by atoms with Crippen molar-refractivity contribution in [3.63, 3.8) is 0 Å². The van der Waals surface area contributed by atoms with E-state index in [1.54, 1.807) is 6.07 Å². The second kappa shape index (κ2) is 10.5. The second-order valence-electron chi connectivity index (χ2n) is 7.81. The van der Waals surface area contributed by atoms with Gasteiger partial charge in [0.1, 0.15) is 11.5 Å². The highest BCUT2D eigenvalue weighted by atomic mass is 79.9. The van der Waals surface area contributed by atoms with Gasteiger partial charge in [0.2, 0.25) is 5.91 Å². The van der Waals surface area contributed by atoms with Crippen LogP contribution in [0.5, 0.6) is 0 Å². The highest BCUT2D eigenvalue weighted by Gasteiger charge is 2.29. The molecule has 0 unspecified atom stereocenters. The SMILES string of the molecule is CCOCCn1c(=NC(=O)CS(=O)(=O)CC(=O)N2CCc3ccccc32)sc2cc(Br)ccc21. The number of halogens is 1. The van der Waals surface area contributed by atoms with Crippen LogP contribution in [0.2, 0.25) is 0 Å². The van der Waals surface area contributed by atoms with Crippen molar-refractivity contribution in [2.45, 2.75) is 19.9 Å². The van der Waals surface area contributed by atoms with Gasteiger partial charge in [0, 0.05) is 29.9 Å². The molecule has 0 saturated heterocycles. The topological polar surface area (TPSA) is 98.0 Å². The lowest BCUT2D eigenvalue weighted by Gasteiger charge is -2.17. The smallest absolute Gasteiger partial charge is 0.263 e. The zero-order valence-electron chi connectivity index (χ0n) is 18.6. The van der Waals surface area contributed by atoms with E-state index in [-0.39, 0.29) is 0 Å². The molecule has 0 saturated carbocycles. The van der Waals surface area contributed by atoms with Crippen LogP contribution in [0.3, 0.4) is 0 Å². The number of ether oxygens (including phenoxy) is 1. The molecule has 11 heteroatoms. The molecule has 2 amide bonds. The number of carbonyl (C=O) groups excluding carboxylic acids is 2. The van der Waals surface area contributed by atoms with Crippen molar-refractivity contribution in [2.75, 3.05) is 36.2 Å². The van der Waals surface area contributed by atoms with Crippen molar-refractivity contribution in [3.8, 4) is 0 Å².